The topological polar surface area (TPSA) is 29.5 Å². The minimum Gasteiger partial charge on any atom is -0.489 e. The van der Waals surface area contributed by atoms with Crippen molar-refractivity contribution < 1.29 is 9.53 Å². The fraction of sp³-hybridized carbons (Fsp3) is 0.381. The van der Waals surface area contributed by atoms with Crippen LogP contribution in [0.15, 0.2) is 54.6 Å². The highest BCUT2D eigenvalue weighted by molar-refractivity contribution is 5.94. The molecule has 3 rings (SSSR count). The van der Waals surface area contributed by atoms with Crippen molar-refractivity contribution in [2.75, 3.05) is 13.1 Å². The Balaban J connectivity index is 1.59. The van der Waals surface area contributed by atoms with E-state index in [2.05, 4.69) is 6.92 Å². The van der Waals surface area contributed by atoms with Crippen molar-refractivity contribution in [1.29, 1.82) is 0 Å². The Labute approximate surface area is 144 Å². The summed E-state index contributed by atoms with van der Waals surface area (Å²) in [5, 5.41) is 0. The lowest BCUT2D eigenvalue weighted by atomic mass is 10.1. The third-order valence-electron chi connectivity index (χ3n) is 4.31. The second-order valence-electron chi connectivity index (χ2n) is 6.49. The number of ether oxygens (including phenoxy) is 1. The van der Waals surface area contributed by atoms with Crippen LogP contribution in [0.25, 0.3) is 0 Å². The smallest absolute Gasteiger partial charge is 0.253 e. The maximum Gasteiger partial charge on any atom is 0.253 e. The summed E-state index contributed by atoms with van der Waals surface area (Å²) in [5.41, 5.74) is 1.88. The van der Waals surface area contributed by atoms with Gasteiger partial charge in [0.2, 0.25) is 0 Å². The molecule has 3 nitrogen and oxygen atoms in total. The summed E-state index contributed by atoms with van der Waals surface area (Å²) >= 11 is 0. The molecule has 24 heavy (non-hydrogen) atoms. The zero-order chi connectivity index (χ0) is 16.8. The van der Waals surface area contributed by atoms with E-state index >= 15 is 0 Å². The van der Waals surface area contributed by atoms with Crippen LogP contribution in [0.4, 0.5) is 0 Å². The SMILES string of the molecule is CCCN(CC1CC1)C(=O)c1ccc(OCc2ccccc2)cc1. The Morgan fingerprint density at radius 2 is 1.79 bits per heavy atom. The summed E-state index contributed by atoms with van der Waals surface area (Å²) in [6, 6.07) is 17.6. The molecule has 0 N–H and O–H groups in total. The summed E-state index contributed by atoms with van der Waals surface area (Å²) in [6.45, 7) is 4.39. The molecule has 0 bridgehead atoms. The standard InChI is InChI=1S/C21H25NO2/c1-2-14-22(15-17-8-9-17)21(23)19-10-12-20(13-11-19)24-16-18-6-4-3-5-7-18/h3-7,10-13,17H,2,8-9,14-16H2,1H3. The second kappa shape index (κ2) is 8.00. The molecule has 0 aromatic heterocycles. The first-order valence-corrected chi connectivity index (χ1v) is 8.82. The van der Waals surface area contributed by atoms with Gasteiger partial charge in [-0.1, -0.05) is 37.3 Å². The molecule has 0 saturated heterocycles. The maximum absolute atomic E-state index is 12.7. The predicted octanol–water partition coefficient (Wildman–Crippen LogP) is 4.53. The molecule has 1 aliphatic carbocycles. The molecule has 1 fully saturated rings. The Kier molecular flexibility index (Phi) is 5.52. The molecule has 1 amide bonds. The van der Waals surface area contributed by atoms with E-state index in [1.165, 1.54) is 12.8 Å². The summed E-state index contributed by atoms with van der Waals surface area (Å²) in [7, 11) is 0. The summed E-state index contributed by atoms with van der Waals surface area (Å²) in [4.78, 5) is 14.7. The molecule has 0 spiro atoms. The first-order chi connectivity index (χ1) is 11.8. The number of nitrogens with zero attached hydrogens (tertiary/aromatic N) is 1. The lowest BCUT2D eigenvalue weighted by Gasteiger charge is -2.22. The van der Waals surface area contributed by atoms with Gasteiger partial charge in [-0.25, -0.2) is 0 Å². The molecule has 0 aliphatic heterocycles. The van der Waals surface area contributed by atoms with E-state index in [9.17, 15) is 4.79 Å². The maximum atomic E-state index is 12.7. The van der Waals surface area contributed by atoms with Gasteiger partial charge in [0, 0.05) is 18.7 Å². The molecule has 1 aliphatic rings. The first-order valence-electron chi connectivity index (χ1n) is 8.82. The minimum atomic E-state index is 0.137. The Morgan fingerprint density at radius 1 is 1.08 bits per heavy atom. The van der Waals surface area contributed by atoms with Crippen LogP contribution in [-0.2, 0) is 6.61 Å². The van der Waals surface area contributed by atoms with Gasteiger partial charge in [-0.2, -0.15) is 0 Å². The number of carbonyl (C=O) groups excluding carboxylic acids is 1. The summed E-state index contributed by atoms with van der Waals surface area (Å²) < 4.78 is 5.78. The Bertz CT molecular complexity index is 647. The van der Waals surface area contributed by atoms with Crippen LogP contribution in [0, 0.1) is 5.92 Å². The molecule has 0 atom stereocenters. The molecule has 2 aromatic rings. The van der Waals surface area contributed by atoms with E-state index in [1.54, 1.807) is 0 Å². The monoisotopic (exact) mass is 323 g/mol. The van der Waals surface area contributed by atoms with E-state index < -0.39 is 0 Å². The Morgan fingerprint density at radius 3 is 2.42 bits per heavy atom. The van der Waals surface area contributed by atoms with Gasteiger partial charge in [-0.05, 0) is 55.0 Å². The normalized spacial score (nSPS) is 13.5. The Hall–Kier alpha value is -2.29. The van der Waals surface area contributed by atoms with Crippen LogP contribution in [0.1, 0.15) is 42.1 Å². The molecule has 126 valence electrons. The van der Waals surface area contributed by atoms with Gasteiger partial charge in [0.25, 0.3) is 5.91 Å². The molecule has 0 radical (unpaired) electrons. The van der Waals surface area contributed by atoms with Gasteiger partial charge in [0.1, 0.15) is 12.4 Å². The van der Waals surface area contributed by atoms with Crippen molar-refractivity contribution in [2.45, 2.75) is 32.8 Å². The number of carbonyl (C=O) groups is 1. The van der Waals surface area contributed by atoms with E-state index in [-0.39, 0.29) is 5.91 Å². The van der Waals surface area contributed by atoms with Crippen molar-refractivity contribution in [1.82, 2.24) is 4.90 Å². The average Bonchev–Trinajstić information content (AvgIpc) is 3.44. The summed E-state index contributed by atoms with van der Waals surface area (Å²) in [6.07, 6.45) is 3.52. The highest BCUT2D eigenvalue weighted by atomic mass is 16.5. The van der Waals surface area contributed by atoms with Gasteiger partial charge >= 0.3 is 0 Å². The highest BCUT2D eigenvalue weighted by Crippen LogP contribution is 2.30. The number of hydrogen-bond donors (Lipinski definition) is 0. The second-order valence-corrected chi connectivity index (χ2v) is 6.49. The lowest BCUT2D eigenvalue weighted by Crippen LogP contribution is -2.33. The average molecular weight is 323 g/mol. The molecular formula is C21H25NO2. The van der Waals surface area contributed by atoms with Gasteiger partial charge in [0.05, 0.1) is 0 Å². The van der Waals surface area contributed by atoms with Crippen LogP contribution in [-0.4, -0.2) is 23.9 Å². The van der Waals surface area contributed by atoms with Crippen LogP contribution >= 0.6 is 0 Å². The van der Waals surface area contributed by atoms with E-state index in [0.29, 0.717) is 12.5 Å². The van der Waals surface area contributed by atoms with Crippen molar-refractivity contribution in [3.05, 3.63) is 65.7 Å². The van der Waals surface area contributed by atoms with Crippen LogP contribution in [0.3, 0.4) is 0 Å². The minimum absolute atomic E-state index is 0.137. The molecule has 0 heterocycles. The number of amides is 1. The van der Waals surface area contributed by atoms with Crippen LogP contribution in [0.5, 0.6) is 5.75 Å². The zero-order valence-corrected chi connectivity index (χ0v) is 14.3. The van der Waals surface area contributed by atoms with Crippen molar-refractivity contribution >= 4 is 5.91 Å². The predicted molar refractivity (Wildman–Crippen MR) is 96.1 cm³/mol. The molecule has 0 unspecified atom stereocenters. The van der Waals surface area contributed by atoms with Crippen molar-refractivity contribution in [3.8, 4) is 5.75 Å². The fourth-order valence-corrected chi connectivity index (χ4v) is 2.77. The van der Waals surface area contributed by atoms with Crippen LogP contribution in [0.2, 0.25) is 0 Å². The zero-order valence-electron chi connectivity index (χ0n) is 14.3. The highest BCUT2D eigenvalue weighted by Gasteiger charge is 2.26. The van der Waals surface area contributed by atoms with Crippen molar-refractivity contribution in [2.24, 2.45) is 5.92 Å². The molecular weight excluding hydrogens is 298 g/mol. The largest absolute Gasteiger partial charge is 0.489 e. The third kappa shape index (κ3) is 4.60. The first kappa shape index (κ1) is 16.6. The lowest BCUT2D eigenvalue weighted by molar-refractivity contribution is 0.0747. The third-order valence-corrected chi connectivity index (χ3v) is 4.31. The van der Waals surface area contributed by atoms with Crippen LogP contribution < -0.4 is 4.74 Å². The molecule has 3 heteroatoms. The van der Waals surface area contributed by atoms with Gasteiger partial charge in [0.15, 0.2) is 0 Å². The van der Waals surface area contributed by atoms with E-state index in [1.807, 2.05) is 59.5 Å². The molecule has 1 saturated carbocycles. The number of rotatable bonds is 8. The number of benzene rings is 2. The quantitative estimate of drug-likeness (QED) is 0.714. The fourth-order valence-electron chi connectivity index (χ4n) is 2.77. The van der Waals surface area contributed by atoms with Gasteiger partial charge < -0.3 is 9.64 Å². The van der Waals surface area contributed by atoms with E-state index in [4.69, 9.17) is 4.74 Å². The van der Waals surface area contributed by atoms with Gasteiger partial charge in [-0.15, -0.1) is 0 Å². The van der Waals surface area contributed by atoms with Crippen molar-refractivity contribution in [3.63, 3.8) is 0 Å². The summed E-state index contributed by atoms with van der Waals surface area (Å²) in [5.74, 6) is 1.65. The molecule has 2 aromatic carbocycles. The number of hydrogen-bond acceptors (Lipinski definition) is 2. The van der Waals surface area contributed by atoms with E-state index in [0.717, 1.165) is 36.4 Å². The van der Waals surface area contributed by atoms with Gasteiger partial charge in [-0.3, -0.25) is 4.79 Å².